The van der Waals surface area contributed by atoms with Gasteiger partial charge < -0.3 is 5.32 Å². The monoisotopic (exact) mass is 441 g/mol. The number of alkyl halides is 2. The maximum absolute atomic E-state index is 12.3. The van der Waals surface area contributed by atoms with Crippen molar-refractivity contribution in [2.75, 3.05) is 11.1 Å². The zero-order valence-corrected chi connectivity index (χ0v) is 16.9. The molecule has 27 heavy (non-hydrogen) atoms. The number of para-hydroxylation sites is 1. The molecule has 10 heteroatoms. The molecule has 0 aliphatic carbocycles. The molecule has 0 aliphatic rings. The smallest absolute Gasteiger partial charge is 0.288 e. The van der Waals surface area contributed by atoms with Gasteiger partial charge in [0.05, 0.1) is 11.4 Å². The summed E-state index contributed by atoms with van der Waals surface area (Å²) in [5.74, 6) is -2.50. The number of nitrogens with zero attached hydrogens (tertiary/aromatic N) is 2. The summed E-state index contributed by atoms with van der Waals surface area (Å²) < 4.78 is 27.6. The molecule has 0 atom stereocenters. The van der Waals surface area contributed by atoms with Gasteiger partial charge in [0.2, 0.25) is 5.91 Å². The van der Waals surface area contributed by atoms with E-state index >= 15 is 0 Å². The third-order valence-corrected chi connectivity index (χ3v) is 6.31. The van der Waals surface area contributed by atoms with Gasteiger partial charge in [-0.1, -0.05) is 53.1 Å². The van der Waals surface area contributed by atoms with Gasteiger partial charge in [-0.15, -0.1) is 5.10 Å². The van der Waals surface area contributed by atoms with Crippen molar-refractivity contribution in [3.63, 3.8) is 0 Å². The fourth-order valence-corrected chi connectivity index (χ4v) is 4.76. The van der Waals surface area contributed by atoms with E-state index in [-0.39, 0.29) is 11.7 Å². The number of amides is 1. The molecule has 3 rings (SSSR count). The van der Waals surface area contributed by atoms with E-state index in [1.165, 1.54) is 23.1 Å². The molecule has 3 aromatic rings. The second-order valence-electron chi connectivity index (χ2n) is 5.12. The van der Waals surface area contributed by atoms with Crippen molar-refractivity contribution in [3.05, 3.63) is 58.6 Å². The molecule has 1 heterocycles. The SMILES string of the molecule is O=C(CSc1nn(-c2ccccc2)c(=S)s1)Nc1ccc(SC(F)F)cc1. The van der Waals surface area contributed by atoms with E-state index in [0.717, 1.165) is 5.69 Å². The van der Waals surface area contributed by atoms with Crippen LogP contribution in [0.5, 0.6) is 0 Å². The highest BCUT2D eigenvalue weighted by Gasteiger charge is 2.10. The van der Waals surface area contributed by atoms with Crippen LogP contribution in [-0.4, -0.2) is 27.2 Å². The number of carbonyl (C=O) groups excluding carboxylic acids is 1. The molecular weight excluding hydrogens is 428 g/mol. The normalized spacial score (nSPS) is 10.9. The van der Waals surface area contributed by atoms with Crippen LogP contribution in [0.4, 0.5) is 14.5 Å². The van der Waals surface area contributed by atoms with Crippen molar-refractivity contribution in [2.45, 2.75) is 15.0 Å². The van der Waals surface area contributed by atoms with Gasteiger partial charge in [0, 0.05) is 10.6 Å². The molecule has 1 aromatic heterocycles. The minimum absolute atomic E-state index is 0.171. The molecule has 0 saturated carbocycles. The molecule has 4 nitrogen and oxygen atoms in total. The summed E-state index contributed by atoms with van der Waals surface area (Å²) >= 11 is 8.43. The lowest BCUT2D eigenvalue weighted by Crippen LogP contribution is -2.13. The summed E-state index contributed by atoms with van der Waals surface area (Å²) in [4.78, 5) is 12.5. The third kappa shape index (κ3) is 5.86. The molecule has 1 amide bonds. The maximum Gasteiger partial charge on any atom is 0.288 e. The lowest BCUT2D eigenvalue weighted by molar-refractivity contribution is -0.113. The summed E-state index contributed by atoms with van der Waals surface area (Å²) in [6.07, 6.45) is 0. The van der Waals surface area contributed by atoms with Gasteiger partial charge in [0.15, 0.2) is 8.29 Å². The van der Waals surface area contributed by atoms with Crippen LogP contribution in [0.1, 0.15) is 0 Å². The number of rotatable bonds is 7. The van der Waals surface area contributed by atoms with Crippen molar-refractivity contribution in [3.8, 4) is 5.69 Å². The molecule has 1 N–H and O–H groups in total. The zero-order valence-electron chi connectivity index (χ0n) is 13.7. The molecule has 140 valence electrons. The summed E-state index contributed by atoms with van der Waals surface area (Å²) in [7, 11) is 0. The number of aromatic nitrogens is 2. The molecule has 0 bridgehead atoms. The Bertz CT molecular complexity index is 958. The minimum atomic E-state index is -2.46. The molecular formula is C17H13F2N3OS4. The predicted octanol–water partition coefficient (Wildman–Crippen LogP) is 5.71. The van der Waals surface area contributed by atoms with Crippen LogP contribution in [0, 0.1) is 3.95 Å². The summed E-state index contributed by atoms with van der Waals surface area (Å²) in [5, 5.41) is 7.17. The number of thioether (sulfide) groups is 2. The third-order valence-electron chi connectivity index (χ3n) is 3.22. The van der Waals surface area contributed by atoms with E-state index in [2.05, 4.69) is 10.4 Å². The van der Waals surface area contributed by atoms with Crippen molar-refractivity contribution in [1.82, 2.24) is 9.78 Å². The largest absolute Gasteiger partial charge is 0.325 e. The first-order chi connectivity index (χ1) is 13.0. The lowest BCUT2D eigenvalue weighted by Gasteiger charge is -2.05. The van der Waals surface area contributed by atoms with Crippen LogP contribution in [0.15, 0.2) is 63.8 Å². The topological polar surface area (TPSA) is 46.9 Å². The Morgan fingerprint density at radius 3 is 2.56 bits per heavy atom. The van der Waals surface area contributed by atoms with Crippen molar-refractivity contribution >= 4 is 58.7 Å². The number of anilines is 1. The average Bonchev–Trinajstić information content (AvgIpc) is 3.03. The molecule has 0 spiro atoms. The van der Waals surface area contributed by atoms with Crippen molar-refractivity contribution < 1.29 is 13.6 Å². The fourth-order valence-electron chi connectivity index (χ4n) is 2.10. The maximum atomic E-state index is 12.3. The summed E-state index contributed by atoms with van der Waals surface area (Å²) in [5.41, 5.74) is 1.43. The van der Waals surface area contributed by atoms with E-state index in [4.69, 9.17) is 12.2 Å². The summed E-state index contributed by atoms with van der Waals surface area (Å²) in [6, 6.07) is 15.8. The molecule has 0 fully saturated rings. The molecule has 0 saturated heterocycles. The number of hydrogen-bond acceptors (Lipinski definition) is 6. The minimum Gasteiger partial charge on any atom is -0.325 e. The van der Waals surface area contributed by atoms with E-state index in [1.54, 1.807) is 28.9 Å². The predicted molar refractivity (Wildman–Crippen MR) is 110 cm³/mol. The molecule has 0 unspecified atom stereocenters. The highest BCUT2D eigenvalue weighted by molar-refractivity contribution is 8.01. The van der Waals surface area contributed by atoms with Crippen LogP contribution in [0.25, 0.3) is 5.69 Å². The first-order valence-corrected chi connectivity index (χ1v) is 10.7. The molecule has 2 aromatic carbocycles. The molecule has 0 radical (unpaired) electrons. The van der Waals surface area contributed by atoms with E-state index in [0.29, 0.717) is 30.6 Å². The van der Waals surface area contributed by atoms with Gasteiger partial charge in [-0.3, -0.25) is 4.79 Å². The Balaban J connectivity index is 1.56. The average molecular weight is 442 g/mol. The second kappa shape index (κ2) is 9.45. The quantitative estimate of drug-likeness (QED) is 0.376. The zero-order chi connectivity index (χ0) is 19.2. The Morgan fingerprint density at radius 1 is 1.19 bits per heavy atom. The van der Waals surface area contributed by atoms with E-state index in [1.807, 2.05) is 30.3 Å². The van der Waals surface area contributed by atoms with Gasteiger partial charge in [-0.25, -0.2) is 4.68 Å². The molecule has 0 aliphatic heterocycles. The van der Waals surface area contributed by atoms with E-state index in [9.17, 15) is 13.6 Å². The standard InChI is InChI=1S/C17H13F2N3OS4/c18-15(19)26-13-8-6-11(7-9-13)20-14(23)10-25-16-21-22(17(24)27-16)12-4-2-1-3-5-12/h1-9,15H,10H2,(H,20,23). The Morgan fingerprint density at radius 2 is 1.89 bits per heavy atom. The first kappa shape index (κ1) is 20.0. The second-order valence-corrected chi connectivity index (χ2v) is 9.03. The Kier molecular flexibility index (Phi) is 7.00. The van der Waals surface area contributed by atoms with Crippen LogP contribution in [0.2, 0.25) is 0 Å². The van der Waals surface area contributed by atoms with Gasteiger partial charge >= 0.3 is 0 Å². The Labute approximate surface area is 172 Å². The number of halogens is 2. The number of nitrogens with one attached hydrogen (secondary N) is 1. The first-order valence-electron chi connectivity index (χ1n) is 7.64. The Hall–Kier alpha value is -1.75. The number of hydrogen-bond donors (Lipinski definition) is 1. The van der Waals surface area contributed by atoms with Crippen LogP contribution in [-0.2, 0) is 4.79 Å². The van der Waals surface area contributed by atoms with Crippen LogP contribution >= 0.6 is 47.1 Å². The van der Waals surface area contributed by atoms with Crippen LogP contribution in [0.3, 0.4) is 0 Å². The van der Waals surface area contributed by atoms with E-state index < -0.39 is 5.76 Å². The van der Waals surface area contributed by atoms with Crippen LogP contribution < -0.4 is 5.32 Å². The van der Waals surface area contributed by atoms with Gasteiger partial charge in [-0.05, 0) is 48.6 Å². The highest BCUT2D eigenvalue weighted by atomic mass is 32.2. The van der Waals surface area contributed by atoms with Gasteiger partial charge in [0.1, 0.15) is 0 Å². The van der Waals surface area contributed by atoms with Gasteiger partial charge in [0.25, 0.3) is 5.76 Å². The lowest BCUT2D eigenvalue weighted by atomic mass is 10.3. The van der Waals surface area contributed by atoms with Crippen molar-refractivity contribution in [2.24, 2.45) is 0 Å². The fraction of sp³-hybridized carbons (Fsp3) is 0.118. The van der Waals surface area contributed by atoms with Gasteiger partial charge in [-0.2, -0.15) is 8.78 Å². The number of benzene rings is 2. The van der Waals surface area contributed by atoms with Crippen molar-refractivity contribution in [1.29, 1.82) is 0 Å². The highest BCUT2D eigenvalue weighted by Crippen LogP contribution is 2.27. The summed E-state index contributed by atoms with van der Waals surface area (Å²) in [6.45, 7) is 0. The number of carbonyl (C=O) groups is 1.